The van der Waals surface area contributed by atoms with Gasteiger partial charge in [-0.1, -0.05) is 0 Å². The lowest BCUT2D eigenvalue weighted by Gasteiger charge is -2.23. The van der Waals surface area contributed by atoms with Crippen LogP contribution in [0.1, 0.15) is 19.8 Å². The van der Waals surface area contributed by atoms with Gasteiger partial charge in [-0.3, -0.25) is 9.59 Å². The van der Waals surface area contributed by atoms with E-state index in [0.29, 0.717) is 13.0 Å². The van der Waals surface area contributed by atoms with Crippen LogP contribution >= 0.6 is 0 Å². The molecule has 1 amide bonds. The zero-order valence-electron chi connectivity index (χ0n) is 8.50. The van der Waals surface area contributed by atoms with Crippen LogP contribution in [0.5, 0.6) is 0 Å². The van der Waals surface area contributed by atoms with Gasteiger partial charge in [0.15, 0.2) is 0 Å². The van der Waals surface area contributed by atoms with Crippen molar-refractivity contribution in [3.05, 3.63) is 0 Å². The van der Waals surface area contributed by atoms with Gasteiger partial charge < -0.3 is 15.8 Å². The largest absolute Gasteiger partial charge is 0.468 e. The van der Waals surface area contributed by atoms with Gasteiger partial charge in [-0.25, -0.2) is 0 Å². The van der Waals surface area contributed by atoms with Gasteiger partial charge in [-0.2, -0.15) is 0 Å². The van der Waals surface area contributed by atoms with Crippen LogP contribution in [0.4, 0.5) is 0 Å². The molecular formula is C9H16N2O3. The van der Waals surface area contributed by atoms with Crippen LogP contribution in [0.2, 0.25) is 0 Å². The van der Waals surface area contributed by atoms with Crippen molar-refractivity contribution in [1.29, 1.82) is 0 Å². The van der Waals surface area contributed by atoms with Gasteiger partial charge in [0.25, 0.3) is 0 Å². The normalized spacial score (nSPS) is 25.4. The van der Waals surface area contributed by atoms with Crippen molar-refractivity contribution in [3.63, 3.8) is 0 Å². The summed E-state index contributed by atoms with van der Waals surface area (Å²) in [5, 5.41) is 2.70. The highest BCUT2D eigenvalue weighted by molar-refractivity contribution is 5.84. The van der Waals surface area contributed by atoms with Crippen LogP contribution in [-0.2, 0) is 14.3 Å². The maximum absolute atomic E-state index is 11.2. The topological polar surface area (TPSA) is 81.4 Å². The number of rotatable bonds is 3. The zero-order valence-corrected chi connectivity index (χ0v) is 8.50. The van der Waals surface area contributed by atoms with E-state index in [1.807, 2.05) is 0 Å². The number of nitrogens with one attached hydrogen (secondary N) is 1. The molecule has 1 heterocycles. The minimum Gasteiger partial charge on any atom is -0.468 e. The first-order chi connectivity index (χ1) is 6.47. The molecular weight excluding hydrogens is 184 g/mol. The molecule has 3 N–H and O–H groups in total. The van der Waals surface area contributed by atoms with Gasteiger partial charge >= 0.3 is 5.97 Å². The average molecular weight is 200 g/mol. The van der Waals surface area contributed by atoms with Crippen molar-refractivity contribution < 1.29 is 14.3 Å². The van der Waals surface area contributed by atoms with Gasteiger partial charge in [0.2, 0.25) is 5.91 Å². The Morgan fingerprint density at radius 2 is 2.43 bits per heavy atom. The third-order valence-electron chi connectivity index (χ3n) is 2.48. The quantitative estimate of drug-likeness (QED) is 0.596. The highest BCUT2D eigenvalue weighted by Crippen LogP contribution is 2.21. The molecule has 1 aliphatic rings. The first-order valence-electron chi connectivity index (χ1n) is 4.62. The summed E-state index contributed by atoms with van der Waals surface area (Å²) in [5.41, 5.74) is 4.69. The number of carbonyl (C=O) groups is 2. The molecule has 5 nitrogen and oxygen atoms in total. The first-order valence-corrected chi connectivity index (χ1v) is 4.62. The molecule has 0 saturated carbocycles. The number of nitrogens with two attached hydrogens (primary N) is 1. The molecule has 80 valence electrons. The van der Waals surface area contributed by atoms with E-state index in [1.165, 1.54) is 7.11 Å². The van der Waals surface area contributed by atoms with Crippen molar-refractivity contribution >= 4 is 11.9 Å². The molecule has 0 radical (unpaired) electrons. The third-order valence-corrected chi connectivity index (χ3v) is 2.48. The van der Waals surface area contributed by atoms with Gasteiger partial charge in [-0.15, -0.1) is 0 Å². The Kier molecular flexibility index (Phi) is 3.10. The summed E-state index contributed by atoms with van der Waals surface area (Å²) in [6, 6.07) is 0. The molecule has 0 spiro atoms. The molecule has 0 aromatic rings. The first kappa shape index (κ1) is 11.0. The molecule has 0 aromatic heterocycles. The molecule has 0 aromatic carbocycles. The average Bonchev–Trinajstić information content (AvgIpc) is 2.50. The van der Waals surface area contributed by atoms with E-state index in [1.54, 1.807) is 6.92 Å². The molecule has 14 heavy (non-hydrogen) atoms. The van der Waals surface area contributed by atoms with Gasteiger partial charge in [0.05, 0.1) is 7.11 Å². The molecule has 2 atom stereocenters. The number of esters is 1. The highest BCUT2D eigenvalue weighted by atomic mass is 16.5. The third kappa shape index (κ3) is 2.23. The maximum Gasteiger partial charge on any atom is 0.325 e. The molecule has 0 unspecified atom stereocenters. The lowest BCUT2D eigenvalue weighted by molar-refractivity contribution is -0.147. The number of methoxy groups -OCH3 is 1. The van der Waals surface area contributed by atoms with Crippen LogP contribution in [0.3, 0.4) is 0 Å². The fraction of sp³-hybridized carbons (Fsp3) is 0.778. The van der Waals surface area contributed by atoms with Crippen molar-refractivity contribution in [2.75, 3.05) is 13.7 Å². The van der Waals surface area contributed by atoms with E-state index in [4.69, 9.17) is 5.73 Å². The van der Waals surface area contributed by atoms with Crippen LogP contribution in [0.15, 0.2) is 0 Å². The lowest BCUT2D eigenvalue weighted by atomic mass is 9.89. The number of ether oxygens (including phenoxy) is 1. The van der Waals surface area contributed by atoms with E-state index >= 15 is 0 Å². The predicted molar refractivity (Wildman–Crippen MR) is 50.3 cm³/mol. The molecule has 1 saturated heterocycles. The Morgan fingerprint density at radius 3 is 2.86 bits per heavy atom. The molecule has 0 aliphatic carbocycles. The summed E-state index contributed by atoms with van der Waals surface area (Å²) in [5.74, 6) is -0.660. The second-order valence-electron chi connectivity index (χ2n) is 3.89. The summed E-state index contributed by atoms with van der Waals surface area (Å²) < 4.78 is 4.56. The van der Waals surface area contributed by atoms with E-state index < -0.39 is 11.5 Å². The fourth-order valence-corrected chi connectivity index (χ4v) is 1.67. The number of carbonyl (C=O) groups excluding carboxylic acids is 2. The van der Waals surface area contributed by atoms with Crippen molar-refractivity contribution in [3.8, 4) is 0 Å². The second kappa shape index (κ2) is 3.96. The smallest absolute Gasteiger partial charge is 0.325 e. The Labute approximate surface area is 83.0 Å². The summed E-state index contributed by atoms with van der Waals surface area (Å²) in [6.07, 6.45) is 1.08. The minimum atomic E-state index is -1.07. The maximum atomic E-state index is 11.2. The van der Waals surface area contributed by atoms with E-state index in [-0.39, 0.29) is 11.8 Å². The van der Waals surface area contributed by atoms with Gasteiger partial charge in [0.1, 0.15) is 5.54 Å². The van der Waals surface area contributed by atoms with E-state index in [9.17, 15) is 9.59 Å². The summed E-state index contributed by atoms with van der Waals surface area (Å²) >= 11 is 0. The van der Waals surface area contributed by atoms with Crippen LogP contribution < -0.4 is 11.1 Å². The summed E-state index contributed by atoms with van der Waals surface area (Å²) in [4.78, 5) is 22.5. The fourth-order valence-electron chi connectivity index (χ4n) is 1.67. The number of hydrogen-bond acceptors (Lipinski definition) is 4. The second-order valence-corrected chi connectivity index (χ2v) is 3.89. The Morgan fingerprint density at radius 1 is 1.79 bits per heavy atom. The Balaban J connectivity index is 2.58. The molecule has 1 rings (SSSR count). The van der Waals surface area contributed by atoms with Crippen LogP contribution in [0, 0.1) is 5.92 Å². The molecule has 5 heteroatoms. The Hall–Kier alpha value is -1.10. The van der Waals surface area contributed by atoms with Gasteiger partial charge in [-0.05, 0) is 19.8 Å². The zero-order chi connectivity index (χ0) is 10.8. The van der Waals surface area contributed by atoms with Crippen molar-refractivity contribution in [2.24, 2.45) is 11.7 Å². The van der Waals surface area contributed by atoms with E-state index in [2.05, 4.69) is 10.1 Å². The van der Waals surface area contributed by atoms with Crippen LogP contribution in [-0.4, -0.2) is 31.1 Å². The predicted octanol–water partition coefficient (Wildman–Crippen LogP) is -0.597. The van der Waals surface area contributed by atoms with Crippen molar-refractivity contribution in [1.82, 2.24) is 5.32 Å². The lowest BCUT2D eigenvalue weighted by Crippen LogP contribution is -2.48. The standard InChI is InChI=1S/C9H16N2O3/c1-9(10,8(13)14-2)5-6-3-4-11-7(6)12/h6H,3-5,10H2,1-2H3,(H,11,12)/t6-,9+/m0/s1. The summed E-state index contributed by atoms with van der Waals surface area (Å²) in [6.45, 7) is 2.26. The van der Waals surface area contributed by atoms with E-state index in [0.717, 1.165) is 6.42 Å². The summed E-state index contributed by atoms with van der Waals surface area (Å²) in [7, 11) is 1.29. The highest BCUT2D eigenvalue weighted by Gasteiger charge is 2.36. The molecule has 1 fully saturated rings. The molecule has 0 bridgehead atoms. The SMILES string of the molecule is COC(=O)[C@](C)(N)C[C@@H]1CCNC1=O. The monoisotopic (exact) mass is 200 g/mol. The Bertz CT molecular complexity index is 250. The van der Waals surface area contributed by atoms with Gasteiger partial charge in [0, 0.05) is 12.5 Å². The number of hydrogen-bond donors (Lipinski definition) is 2. The minimum absolute atomic E-state index is 0.0226. The molecule has 1 aliphatic heterocycles. The van der Waals surface area contributed by atoms with Crippen molar-refractivity contribution in [2.45, 2.75) is 25.3 Å². The van der Waals surface area contributed by atoms with Crippen LogP contribution in [0.25, 0.3) is 0 Å². The number of amides is 1.